The Bertz CT molecular complexity index is 508. The number of amides is 1. The Hall–Kier alpha value is -0.330. The van der Waals surface area contributed by atoms with Crippen molar-refractivity contribution < 1.29 is 4.79 Å². The number of hydrogen-bond acceptors (Lipinski definition) is 2. The highest BCUT2D eigenvalue weighted by atomic mass is 127. The van der Waals surface area contributed by atoms with E-state index in [4.69, 9.17) is 11.6 Å². The van der Waals surface area contributed by atoms with Gasteiger partial charge in [-0.05, 0) is 72.0 Å². The number of nitrogens with one attached hydrogen (secondary N) is 2. The van der Waals surface area contributed by atoms with Gasteiger partial charge in [0.15, 0.2) is 0 Å². The summed E-state index contributed by atoms with van der Waals surface area (Å²) >= 11 is 8.36. The lowest BCUT2D eigenvalue weighted by molar-refractivity contribution is -0.118. The smallest absolute Gasteiger partial charge is 0.241 e. The van der Waals surface area contributed by atoms with E-state index in [0.29, 0.717) is 22.5 Å². The second kappa shape index (κ2) is 5.58. The van der Waals surface area contributed by atoms with Gasteiger partial charge in [0.25, 0.3) is 0 Å². The number of hydrogen-bond donors (Lipinski definition) is 2. The third-order valence-electron chi connectivity index (χ3n) is 4.22. The van der Waals surface area contributed by atoms with Crippen LogP contribution in [0.25, 0.3) is 0 Å². The van der Waals surface area contributed by atoms with Crippen molar-refractivity contribution in [3.05, 3.63) is 26.8 Å². The van der Waals surface area contributed by atoms with E-state index in [2.05, 4.69) is 33.2 Å². The first-order valence-electron chi connectivity index (χ1n) is 6.64. The molecule has 1 saturated heterocycles. The fourth-order valence-electron chi connectivity index (χ4n) is 3.28. The molecule has 1 amide bonds. The molecule has 19 heavy (non-hydrogen) atoms. The summed E-state index contributed by atoms with van der Waals surface area (Å²) in [5, 5.41) is 6.91. The maximum atomic E-state index is 12.4. The van der Waals surface area contributed by atoms with Crippen molar-refractivity contribution in [3.63, 3.8) is 0 Å². The van der Waals surface area contributed by atoms with E-state index in [9.17, 15) is 4.79 Å². The standard InChI is InChI=1S/C14H16ClIN2O/c15-11-6-9(16)4-5-12(11)18-14(19)13-10-3-1-2-8(10)7-17-13/h4-6,8,10,13,17H,1-3,7H2,(H,18,19). The topological polar surface area (TPSA) is 41.1 Å². The van der Waals surface area contributed by atoms with Gasteiger partial charge in [-0.25, -0.2) is 0 Å². The molecular weight excluding hydrogens is 375 g/mol. The normalized spacial score (nSPS) is 29.3. The molecule has 1 heterocycles. The van der Waals surface area contributed by atoms with E-state index < -0.39 is 0 Å². The average Bonchev–Trinajstić information content (AvgIpc) is 2.94. The van der Waals surface area contributed by atoms with Crippen LogP contribution in [0, 0.1) is 15.4 Å². The Morgan fingerprint density at radius 3 is 3.05 bits per heavy atom. The zero-order valence-corrected chi connectivity index (χ0v) is 13.4. The van der Waals surface area contributed by atoms with Crippen LogP contribution in [0.1, 0.15) is 19.3 Å². The molecule has 1 aromatic carbocycles. The minimum Gasteiger partial charge on any atom is -0.323 e. The summed E-state index contributed by atoms with van der Waals surface area (Å²) in [5.74, 6) is 1.24. The largest absolute Gasteiger partial charge is 0.323 e. The first-order chi connectivity index (χ1) is 9.15. The van der Waals surface area contributed by atoms with E-state index in [0.717, 1.165) is 16.5 Å². The van der Waals surface area contributed by atoms with Crippen molar-refractivity contribution in [2.24, 2.45) is 11.8 Å². The van der Waals surface area contributed by atoms with Crippen molar-refractivity contribution in [2.45, 2.75) is 25.3 Å². The van der Waals surface area contributed by atoms with Crippen molar-refractivity contribution in [1.29, 1.82) is 0 Å². The molecule has 3 rings (SSSR count). The molecule has 102 valence electrons. The van der Waals surface area contributed by atoms with Crippen LogP contribution in [-0.2, 0) is 4.79 Å². The summed E-state index contributed by atoms with van der Waals surface area (Å²) in [5.41, 5.74) is 0.704. The molecule has 1 saturated carbocycles. The Morgan fingerprint density at radius 2 is 2.26 bits per heavy atom. The number of carbonyl (C=O) groups excluding carboxylic acids is 1. The van der Waals surface area contributed by atoms with Gasteiger partial charge in [-0.15, -0.1) is 0 Å². The van der Waals surface area contributed by atoms with Crippen LogP contribution in [0.4, 0.5) is 5.69 Å². The lowest BCUT2D eigenvalue weighted by atomic mass is 9.93. The zero-order chi connectivity index (χ0) is 13.4. The molecule has 2 aliphatic rings. The van der Waals surface area contributed by atoms with Crippen LogP contribution in [0.5, 0.6) is 0 Å². The number of benzene rings is 1. The molecule has 1 aliphatic heterocycles. The summed E-state index contributed by atoms with van der Waals surface area (Å²) in [4.78, 5) is 12.4. The monoisotopic (exact) mass is 390 g/mol. The maximum absolute atomic E-state index is 12.4. The highest BCUT2D eigenvalue weighted by Crippen LogP contribution is 2.38. The Morgan fingerprint density at radius 1 is 1.42 bits per heavy atom. The molecular formula is C14H16ClIN2O. The molecule has 0 radical (unpaired) electrons. The quantitative estimate of drug-likeness (QED) is 0.761. The first-order valence-corrected chi connectivity index (χ1v) is 8.10. The van der Waals surface area contributed by atoms with Crippen LogP contribution < -0.4 is 10.6 Å². The van der Waals surface area contributed by atoms with Crippen LogP contribution >= 0.6 is 34.2 Å². The number of fused-ring (bicyclic) bond motifs is 1. The SMILES string of the molecule is O=C(Nc1ccc(I)cc1Cl)C1NCC2CCCC21. The highest BCUT2D eigenvalue weighted by molar-refractivity contribution is 14.1. The molecule has 5 heteroatoms. The fraction of sp³-hybridized carbons (Fsp3) is 0.500. The van der Waals surface area contributed by atoms with Gasteiger partial charge < -0.3 is 10.6 Å². The van der Waals surface area contributed by atoms with Crippen LogP contribution in [0.2, 0.25) is 5.02 Å². The zero-order valence-electron chi connectivity index (χ0n) is 10.5. The number of halogens is 2. The minimum absolute atomic E-state index is 0.0529. The molecule has 0 bridgehead atoms. The van der Waals surface area contributed by atoms with Gasteiger partial charge in [0.05, 0.1) is 16.8 Å². The predicted octanol–water partition coefficient (Wildman–Crippen LogP) is 3.27. The summed E-state index contributed by atoms with van der Waals surface area (Å²) in [6, 6.07) is 5.62. The van der Waals surface area contributed by atoms with Crippen molar-refractivity contribution >= 4 is 45.8 Å². The number of anilines is 1. The summed E-state index contributed by atoms with van der Waals surface area (Å²) < 4.78 is 1.07. The summed E-state index contributed by atoms with van der Waals surface area (Å²) in [6.07, 6.45) is 3.67. The van der Waals surface area contributed by atoms with Crippen LogP contribution in [-0.4, -0.2) is 18.5 Å². The van der Waals surface area contributed by atoms with Crippen molar-refractivity contribution in [1.82, 2.24) is 5.32 Å². The summed E-state index contributed by atoms with van der Waals surface area (Å²) in [7, 11) is 0. The molecule has 1 aromatic rings. The van der Waals surface area contributed by atoms with Crippen LogP contribution in [0.15, 0.2) is 18.2 Å². The van der Waals surface area contributed by atoms with Gasteiger partial charge in [-0.1, -0.05) is 18.0 Å². The van der Waals surface area contributed by atoms with Gasteiger partial charge in [0.1, 0.15) is 0 Å². The molecule has 2 N–H and O–H groups in total. The minimum atomic E-state index is -0.0529. The number of rotatable bonds is 2. The molecule has 0 aromatic heterocycles. The Labute approximate surface area is 131 Å². The van der Waals surface area contributed by atoms with Gasteiger partial charge in [0.2, 0.25) is 5.91 Å². The number of carbonyl (C=O) groups is 1. The van der Waals surface area contributed by atoms with E-state index in [-0.39, 0.29) is 11.9 Å². The summed E-state index contributed by atoms with van der Waals surface area (Å²) in [6.45, 7) is 0.975. The fourth-order valence-corrected chi connectivity index (χ4v) is 4.18. The van der Waals surface area contributed by atoms with Gasteiger partial charge in [-0.2, -0.15) is 0 Å². The second-order valence-corrected chi connectivity index (χ2v) is 7.01. The van der Waals surface area contributed by atoms with Crippen molar-refractivity contribution in [2.75, 3.05) is 11.9 Å². The molecule has 1 aliphatic carbocycles. The lowest BCUT2D eigenvalue weighted by Gasteiger charge is -2.18. The molecule has 3 atom stereocenters. The lowest BCUT2D eigenvalue weighted by Crippen LogP contribution is -2.39. The molecule has 0 spiro atoms. The van der Waals surface area contributed by atoms with E-state index in [1.165, 1.54) is 12.8 Å². The Kier molecular flexibility index (Phi) is 4.01. The third kappa shape index (κ3) is 2.76. The van der Waals surface area contributed by atoms with Gasteiger partial charge >= 0.3 is 0 Å². The van der Waals surface area contributed by atoms with E-state index in [1.807, 2.05) is 18.2 Å². The van der Waals surface area contributed by atoms with Crippen molar-refractivity contribution in [3.8, 4) is 0 Å². The predicted molar refractivity (Wildman–Crippen MR) is 85.4 cm³/mol. The van der Waals surface area contributed by atoms with Gasteiger partial charge in [-0.3, -0.25) is 4.79 Å². The van der Waals surface area contributed by atoms with E-state index >= 15 is 0 Å². The molecule has 3 unspecified atom stereocenters. The maximum Gasteiger partial charge on any atom is 0.241 e. The highest BCUT2D eigenvalue weighted by Gasteiger charge is 2.42. The van der Waals surface area contributed by atoms with E-state index in [1.54, 1.807) is 0 Å². The molecule has 3 nitrogen and oxygen atoms in total. The second-order valence-electron chi connectivity index (χ2n) is 5.35. The third-order valence-corrected chi connectivity index (χ3v) is 5.20. The van der Waals surface area contributed by atoms with Gasteiger partial charge in [0, 0.05) is 3.57 Å². The first kappa shape index (κ1) is 13.6. The molecule has 2 fully saturated rings. The Balaban J connectivity index is 1.71. The average molecular weight is 391 g/mol. The van der Waals surface area contributed by atoms with Crippen LogP contribution in [0.3, 0.4) is 0 Å².